The first-order valence-corrected chi connectivity index (χ1v) is 6.61. The van der Waals surface area contributed by atoms with E-state index in [1.807, 2.05) is 17.7 Å². The molecular formula is C11H21NOS. The van der Waals surface area contributed by atoms with Crippen molar-refractivity contribution in [3.05, 3.63) is 5.57 Å². The Morgan fingerprint density at radius 1 is 1.50 bits per heavy atom. The van der Waals surface area contributed by atoms with Crippen molar-refractivity contribution in [2.45, 2.75) is 45.1 Å². The van der Waals surface area contributed by atoms with E-state index in [2.05, 4.69) is 13.2 Å². The average molecular weight is 215 g/mol. The Morgan fingerprint density at radius 3 is 2.71 bits per heavy atom. The van der Waals surface area contributed by atoms with Crippen LogP contribution in [0.15, 0.2) is 5.57 Å². The standard InChI is InChI=1S/C11H21NOS/c1-3-11(12)7-6-10(9-13)5-4-8-14-2/h11H,3-8,12H2,1-2H3/t11-/m0/s1. The lowest BCUT2D eigenvalue weighted by atomic mass is 10.0. The molecule has 0 aliphatic rings. The van der Waals surface area contributed by atoms with Gasteiger partial charge in [-0.25, -0.2) is 4.79 Å². The third kappa shape index (κ3) is 7.19. The van der Waals surface area contributed by atoms with Crippen LogP contribution in [-0.4, -0.2) is 24.0 Å². The van der Waals surface area contributed by atoms with Gasteiger partial charge < -0.3 is 5.73 Å². The van der Waals surface area contributed by atoms with Crippen LogP contribution >= 0.6 is 11.8 Å². The summed E-state index contributed by atoms with van der Waals surface area (Å²) >= 11 is 1.82. The van der Waals surface area contributed by atoms with Gasteiger partial charge in [0.25, 0.3) is 0 Å². The van der Waals surface area contributed by atoms with Crippen LogP contribution in [0.25, 0.3) is 0 Å². The van der Waals surface area contributed by atoms with E-state index in [1.54, 1.807) is 0 Å². The average Bonchev–Trinajstić information content (AvgIpc) is 2.22. The van der Waals surface area contributed by atoms with Gasteiger partial charge >= 0.3 is 0 Å². The lowest BCUT2D eigenvalue weighted by Crippen LogP contribution is -2.18. The first-order chi connectivity index (χ1) is 6.74. The van der Waals surface area contributed by atoms with Crippen molar-refractivity contribution in [3.63, 3.8) is 0 Å². The number of hydrogen-bond acceptors (Lipinski definition) is 3. The number of rotatable bonds is 8. The normalized spacial score (nSPS) is 12.2. The molecule has 3 heteroatoms. The van der Waals surface area contributed by atoms with Crippen LogP contribution in [0, 0.1) is 0 Å². The molecule has 0 aromatic carbocycles. The molecule has 0 aromatic heterocycles. The fourth-order valence-corrected chi connectivity index (χ4v) is 1.65. The summed E-state index contributed by atoms with van der Waals surface area (Å²) in [5.74, 6) is 3.16. The molecule has 0 radical (unpaired) electrons. The number of nitrogens with two attached hydrogens (primary N) is 1. The second-order valence-electron chi connectivity index (χ2n) is 3.51. The van der Waals surface area contributed by atoms with Gasteiger partial charge in [-0.2, -0.15) is 11.8 Å². The van der Waals surface area contributed by atoms with E-state index in [9.17, 15) is 4.79 Å². The van der Waals surface area contributed by atoms with Crippen LogP contribution in [0.3, 0.4) is 0 Å². The summed E-state index contributed by atoms with van der Waals surface area (Å²) in [6.07, 6.45) is 6.77. The van der Waals surface area contributed by atoms with Gasteiger partial charge in [0.15, 0.2) is 0 Å². The zero-order chi connectivity index (χ0) is 10.8. The van der Waals surface area contributed by atoms with Gasteiger partial charge in [0.2, 0.25) is 0 Å². The zero-order valence-electron chi connectivity index (χ0n) is 9.21. The van der Waals surface area contributed by atoms with Crippen molar-refractivity contribution in [2.24, 2.45) is 5.73 Å². The topological polar surface area (TPSA) is 43.1 Å². The molecule has 0 heterocycles. The number of hydrogen-bond donors (Lipinski definition) is 1. The molecular weight excluding hydrogens is 194 g/mol. The van der Waals surface area contributed by atoms with Gasteiger partial charge in [-0.05, 0) is 44.1 Å². The monoisotopic (exact) mass is 215 g/mol. The summed E-state index contributed by atoms with van der Waals surface area (Å²) in [6, 6.07) is 0.235. The number of thioether (sulfide) groups is 1. The van der Waals surface area contributed by atoms with Gasteiger partial charge in [0.05, 0.1) is 0 Å². The highest BCUT2D eigenvalue weighted by atomic mass is 32.2. The predicted molar refractivity (Wildman–Crippen MR) is 64.3 cm³/mol. The summed E-state index contributed by atoms with van der Waals surface area (Å²) in [7, 11) is 0. The third-order valence-corrected chi connectivity index (χ3v) is 3.01. The second-order valence-corrected chi connectivity index (χ2v) is 4.49. The Labute approximate surface area is 91.3 Å². The Morgan fingerprint density at radius 2 is 2.21 bits per heavy atom. The van der Waals surface area contributed by atoms with Crippen molar-refractivity contribution in [1.82, 2.24) is 0 Å². The summed E-state index contributed by atoms with van der Waals surface area (Å²) in [5.41, 5.74) is 6.69. The molecule has 0 rings (SSSR count). The molecule has 0 amide bonds. The fourth-order valence-electron chi connectivity index (χ4n) is 1.22. The van der Waals surface area contributed by atoms with Crippen molar-refractivity contribution < 1.29 is 4.79 Å². The van der Waals surface area contributed by atoms with Crippen LogP contribution in [0.1, 0.15) is 39.0 Å². The lowest BCUT2D eigenvalue weighted by Gasteiger charge is -2.08. The minimum absolute atomic E-state index is 0.235. The van der Waals surface area contributed by atoms with E-state index in [0.29, 0.717) is 0 Å². The molecule has 82 valence electrons. The van der Waals surface area contributed by atoms with E-state index in [0.717, 1.165) is 43.4 Å². The molecule has 0 aliphatic heterocycles. The third-order valence-electron chi connectivity index (χ3n) is 2.31. The first-order valence-electron chi connectivity index (χ1n) is 5.22. The SMILES string of the molecule is CC[C@H](N)CCC(=C=O)CCCSC. The van der Waals surface area contributed by atoms with E-state index in [1.165, 1.54) is 0 Å². The van der Waals surface area contributed by atoms with Crippen LogP contribution < -0.4 is 5.73 Å². The van der Waals surface area contributed by atoms with E-state index in [4.69, 9.17) is 5.73 Å². The van der Waals surface area contributed by atoms with Crippen LogP contribution in [0.4, 0.5) is 0 Å². The fraction of sp³-hybridized carbons (Fsp3) is 0.818. The maximum Gasteiger partial charge on any atom is 0.123 e. The minimum Gasteiger partial charge on any atom is -0.328 e. The lowest BCUT2D eigenvalue weighted by molar-refractivity contribution is 0.556. The maximum atomic E-state index is 10.6. The zero-order valence-corrected chi connectivity index (χ0v) is 10.0. The van der Waals surface area contributed by atoms with Gasteiger partial charge in [-0.15, -0.1) is 0 Å². The molecule has 0 spiro atoms. The van der Waals surface area contributed by atoms with Crippen molar-refractivity contribution in [2.75, 3.05) is 12.0 Å². The van der Waals surface area contributed by atoms with Gasteiger partial charge in [-0.3, -0.25) is 0 Å². The number of carbonyl (C=O) groups excluding carboxylic acids is 1. The highest BCUT2D eigenvalue weighted by Gasteiger charge is 2.03. The van der Waals surface area contributed by atoms with Crippen molar-refractivity contribution in [3.8, 4) is 0 Å². The molecule has 2 nitrogen and oxygen atoms in total. The molecule has 0 unspecified atom stereocenters. The van der Waals surface area contributed by atoms with Crippen LogP contribution in [0.2, 0.25) is 0 Å². The van der Waals surface area contributed by atoms with Crippen LogP contribution in [0.5, 0.6) is 0 Å². The summed E-state index contributed by atoms with van der Waals surface area (Å²) < 4.78 is 0. The largest absolute Gasteiger partial charge is 0.328 e. The van der Waals surface area contributed by atoms with Gasteiger partial charge in [-0.1, -0.05) is 6.92 Å². The van der Waals surface area contributed by atoms with Gasteiger partial charge in [0, 0.05) is 11.6 Å². The molecule has 0 aliphatic carbocycles. The highest BCUT2D eigenvalue weighted by molar-refractivity contribution is 7.98. The van der Waals surface area contributed by atoms with Gasteiger partial charge in [0.1, 0.15) is 5.94 Å². The number of allylic oxidation sites excluding steroid dienone is 1. The van der Waals surface area contributed by atoms with Crippen LogP contribution in [-0.2, 0) is 4.79 Å². The van der Waals surface area contributed by atoms with Crippen molar-refractivity contribution >= 4 is 17.7 Å². The molecule has 14 heavy (non-hydrogen) atoms. The molecule has 0 bridgehead atoms. The highest BCUT2D eigenvalue weighted by Crippen LogP contribution is 2.12. The summed E-state index contributed by atoms with van der Waals surface area (Å²) in [4.78, 5) is 10.6. The van der Waals surface area contributed by atoms with E-state index < -0.39 is 0 Å². The van der Waals surface area contributed by atoms with Crippen molar-refractivity contribution in [1.29, 1.82) is 0 Å². The minimum atomic E-state index is 0.235. The predicted octanol–water partition coefficient (Wildman–Crippen LogP) is 2.41. The van der Waals surface area contributed by atoms with E-state index in [-0.39, 0.29) is 6.04 Å². The maximum absolute atomic E-state index is 10.6. The Hall–Kier alpha value is -0.240. The second kappa shape index (κ2) is 9.32. The Balaban J connectivity index is 3.65. The van der Waals surface area contributed by atoms with E-state index >= 15 is 0 Å². The quantitative estimate of drug-likeness (QED) is 0.499. The molecule has 2 N–H and O–H groups in total. The Kier molecular flexibility index (Phi) is 9.16. The molecule has 0 saturated carbocycles. The molecule has 0 fully saturated rings. The first kappa shape index (κ1) is 13.8. The smallest absolute Gasteiger partial charge is 0.123 e. The molecule has 0 aromatic rings. The summed E-state index contributed by atoms with van der Waals surface area (Å²) in [6.45, 7) is 2.07. The molecule has 1 atom stereocenters. The Bertz CT molecular complexity index is 188. The molecule has 0 saturated heterocycles. The summed E-state index contributed by atoms with van der Waals surface area (Å²) in [5, 5.41) is 0.